The number of amides is 2. The van der Waals surface area contributed by atoms with Crippen molar-refractivity contribution in [2.45, 2.75) is 18.2 Å². The summed E-state index contributed by atoms with van der Waals surface area (Å²) in [5, 5.41) is 10.7. The van der Waals surface area contributed by atoms with Crippen molar-refractivity contribution in [3.63, 3.8) is 0 Å². The number of carbonyl (C=O) groups excluding carboxylic acids is 2. The summed E-state index contributed by atoms with van der Waals surface area (Å²) in [6, 6.07) is 20.3. The Morgan fingerprint density at radius 3 is 2.43 bits per heavy atom. The van der Waals surface area contributed by atoms with Crippen LogP contribution in [0.2, 0.25) is 0 Å². The Morgan fingerprint density at radius 1 is 0.971 bits per heavy atom. The van der Waals surface area contributed by atoms with Crippen molar-refractivity contribution < 1.29 is 14.3 Å². The zero-order valence-electron chi connectivity index (χ0n) is 19.0. The number of ether oxygens (including phenoxy) is 1. The highest BCUT2D eigenvalue weighted by Gasteiger charge is 2.16. The molecule has 178 valence electrons. The standard InChI is InChI=1S/C25H24N6O3S/c1-34-21-9-7-20(8-10-21)28-23(33)17-35-25-29-24(19-11-13-26-14-12-19)30-31(25)16-22(32)27-15-18-5-3-2-4-6-18/h2-14H,15-17H2,1H3,(H,27,32)(H,28,33). The summed E-state index contributed by atoms with van der Waals surface area (Å²) in [5.74, 6) is 0.867. The summed E-state index contributed by atoms with van der Waals surface area (Å²) >= 11 is 1.21. The number of thioether (sulfide) groups is 1. The normalized spacial score (nSPS) is 10.5. The Balaban J connectivity index is 1.42. The van der Waals surface area contributed by atoms with Crippen LogP contribution in [0.15, 0.2) is 84.3 Å². The Labute approximate surface area is 206 Å². The molecular weight excluding hydrogens is 464 g/mol. The highest BCUT2D eigenvalue weighted by molar-refractivity contribution is 7.99. The monoisotopic (exact) mass is 488 g/mol. The Morgan fingerprint density at radius 2 is 1.71 bits per heavy atom. The van der Waals surface area contributed by atoms with Crippen molar-refractivity contribution in [1.29, 1.82) is 0 Å². The largest absolute Gasteiger partial charge is 0.497 e. The molecule has 0 bridgehead atoms. The predicted molar refractivity (Wildman–Crippen MR) is 134 cm³/mol. The van der Waals surface area contributed by atoms with Crippen molar-refractivity contribution in [1.82, 2.24) is 25.1 Å². The number of aromatic nitrogens is 4. The van der Waals surface area contributed by atoms with Gasteiger partial charge in [-0.05, 0) is 42.0 Å². The molecule has 2 aromatic heterocycles. The fraction of sp³-hybridized carbons (Fsp3) is 0.160. The molecule has 0 aliphatic carbocycles. The lowest BCUT2D eigenvalue weighted by atomic mass is 10.2. The number of hydrogen-bond acceptors (Lipinski definition) is 7. The molecule has 2 heterocycles. The van der Waals surface area contributed by atoms with Gasteiger partial charge in [0.2, 0.25) is 11.8 Å². The Hall–Kier alpha value is -4.18. The predicted octanol–water partition coefficient (Wildman–Crippen LogP) is 3.40. The van der Waals surface area contributed by atoms with Gasteiger partial charge in [-0.1, -0.05) is 42.1 Å². The molecule has 2 N–H and O–H groups in total. The molecule has 9 nitrogen and oxygen atoms in total. The molecule has 0 atom stereocenters. The maximum Gasteiger partial charge on any atom is 0.242 e. The van der Waals surface area contributed by atoms with Crippen LogP contribution in [0.5, 0.6) is 5.75 Å². The minimum Gasteiger partial charge on any atom is -0.497 e. The van der Waals surface area contributed by atoms with E-state index >= 15 is 0 Å². The highest BCUT2D eigenvalue weighted by atomic mass is 32.2. The molecule has 2 amide bonds. The number of hydrogen-bond donors (Lipinski definition) is 2. The first-order valence-corrected chi connectivity index (χ1v) is 11.8. The SMILES string of the molecule is COc1ccc(NC(=O)CSc2nc(-c3ccncc3)nn2CC(=O)NCc2ccccc2)cc1. The van der Waals surface area contributed by atoms with Crippen LogP contribution >= 0.6 is 11.8 Å². The summed E-state index contributed by atoms with van der Waals surface area (Å²) in [6.07, 6.45) is 3.30. The van der Waals surface area contributed by atoms with Crippen LogP contribution < -0.4 is 15.4 Å². The molecule has 4 rings (SSSR count). The molecular formula is C25H24N6O3S. The van der Waals surface area contributed by atoms with Crippen LogP contribution in [0.4, 0.5) is 5.69 Å². The number of benzene rings is 2. The van der Waals surface area contributed by atoms with Crippen molar-refractivity contribution in [3.8, 4) is 17.1 Å². The minimum atomic E-state index is -0.204. The average molecular weight is 489 g/mol. The average Bonchev–Trinajstić information content (AvgIpc) is 3.30. The van der Waals surface area contributed by atoms with Gasteiger partial charge in [0.05, 0.1) is 12.9 Å². The third kappa shape index (κ3) is 6.90. The molecule has 4 aromatic rings. The molecule has 0 saturated heterocycles. The molecule has 0 aliphatic rings. The zero-order chi connectivity index (χ0) is 24.5. The zero-order valence-corrected chi connectivity index (χ0v) is 19.9. The van der Waals surface area contributed by atoms with Gasteiger partial charge in [-0.2, -0.15) is 0 Å². The first-order valence-electron chi connectivity index (χ1n) is 10.8. The van der Waals surface area contributed by atoms with Crippen molar-refractivity contribution >= 4 is 29.3 Å². The van der Waals surface area contributed by atoms with Crippen LogP contribution in [-0.2, 0) is 22.7 Å². The first kappa shape index (κ1) is 24.0. The molecule has 35 heavy (non-hydrogen) atoms. The van der Waals surface area contributed by atoms with Gasteiger partial charge < -0.3 is 15.4 Å². The fourth-order valence-corrected chi connectivity index (χ4v) is 3.89. The van der Waals surface area contributed by atoms with Gasteiger partial charge in [-0.25, -0.2) is 9.67 Å². The summed E-state index contributed by atoms with van der Waals surface area (Å²) in [6.45, 7) is 0.395. The van der Waals surface area contributed by atoms with Crippen LogP contribution in [0.1, 0.15) is 5.56 Å². The summed E-state index contributed by atoms with van der Waals surface area (Å²) in [7, 11) is 1.59. The molecule has 2 aromatic carbocycles. The number of nitrogens with one attached hydrogen (secondary N) is 2. The molecule has 0 unspecified atom stereocenters. The molecule has 0 saturated carbocycles. The molecule has 0 fully saturated rings. The second-order valence-corrected chi connectivity index (χ2v) is 8.38. The van der Waals surface area contributed by atoms with Gasteiger partial charge in [-0.3, -0.25) is 14.6 Å². The topological polar surface area (TPSA) is 111 Å². The second kappa shape index (κ2) is 11.8. The highest BCUT2D eigenvalue weighted by Crippen LogP contribution is 2.22. The Bertz CT molecular complexity index is 1260. The second-order valence-electron chi connectivity index (χ2n) is 7.44. The molecule has 0 spiro atoms. The van der Waals surface area contributed by atoms with Crippen molar-refractivity contribution in [2.75, 3.05) is 18.2 Å². The van der Waals surface area contributed by atoms with E-state index in [1.807, 2.05) is 30.3 Å². The third-order valence-corrected chi connectivity index (χ3v) is 5.88. The third-order valence-electron chi connectivity index (χ3n) is 4.91. The number of rotatable bonds is 10. The minimum absolute atomic E-state index is 0.0205. The summed E-state index contributed by atoms with van der Waals surface area (Å²) < 4.78 is 6.65. The van der Waals surface area contributed by atoms with Crippen LogP contribution in [0.25, 0.3) is 11.4 Å². The lowest BCUT2D eigenvalue weighted by Crippen LogP contribution is -2.28. The van der Waals surface area contributed by atoms with Gasteiger partial charge in [-0.15, -0.1) is 5.10 Å². The van der Waals surface area contributed by atoms with Gasteiger partial charge in [0.25, 0.3) is 0 Å². The lowest BCUT2D eigenvalue weighted by molar-refractivity contribution is -0.122. The van der Waals surface area contributed by atoms with E-state index < -0.39 is 0 Å². The lowest BCUT2D eigenvalue weighted by Gasteiger charge is -2.08. The molecule has 0 aliphatic heterocycles. The van der Waals surface area contributed by atoms with E-state index in [2.05, 4.69) is 25.7 Å². The fourth-order valence-electron chi connectivity index (χ4n) is 3.15. The smallest absolute Gasteiger partial charge is 0.242 e. The van der Waals surface area contributed by atoms with Gasteiger partial charge in [0.1, 0.15) is 12.3 Å². The molecule has 10 heteroatoms. The maximum atomic E-state index is 12.6. The quantitative estimate of drug-likeness (QED) is 0.329. The summed E-state index contributed by atoms with van der Waals surface area (Å²) in [4.78, 5) is 33.7. The van der Waals surface area contributed by atoms with Gasteiger partial charge in [0.15, 0.2) is 11.0 Å². The van der Waals surface area contributed by atoms with E-state index in [9.17, 15) is 9.59 Å². The molecule has 0 radical (unpaired) electrons. The van der Waals surface area contributed by atoms with Crippen molar-refractivity contribution in [3.05, 3.63) is 84.7 Å². The number of anilines is 1. The summed E-state index contributed by atoms with van der Waals surface area (Å²) in [5.41, 5.74) is 2.44. The van der Waals surface area contributed by atoms with E-state index in [0.29, 0.717) is 29.0 Å². The van der Waals surface area contributed by atoms with Gasteiger partial charge in [0, 0.05) is 30.2 Å². The number of nitrogens with zero attached hydrogens (tertiary/aromatic N) is 4. The first-order chi connectivity index (χ1) is 17.1. The van der Waals surface area contributed by atoms with E-state index in [1.165, 1.54) is 16.4 Å². The van der Waals surface area contributed by atoms with Crippen LogP contribution in [-0.4, -0.2) is 44.4 Å². The van der Waals surface area contributed by atoms with E-state index in [4.69, 9.17) is 4.74 Å². The van der Waals surface area contributed by atoms with Gasteiger partial charge >= 0.3 is 0 Å². The number of pyridine rings is 1. The van der Waals surface area contributed by atoms with E-state index in [-0.39, 0.29) is 24.1 Å². The maximum absolute atomic E-state index is 12.6. The van der Waals surface area contributed by atoms with Crippen LogP contribution in [0, 0.1) is 0 Å². The van der Waals surface area contributed by atoms with E-state index in [0.717, 1.165) is 11.1 Å². The van der Waals surface area contributed by atoms with E-state index in [1.54, 1.807) is 55.9 Å². The Kier molecular flexibility index (Phi) is 8.08. The number of carbonyl (C=O) groups is 2. The van der Waals surface area contributed by atoms with Crippen molar-refractivity contribution in [2.24, 2.45) is 0 Å². The van der Waals surface area contributed by atoms with Crippen LogP contribution in [0.3, 0.4) is 0 Å². The number of methoxy groups -OCH3 is 1.